The van der Waals surface area contributed by atoms with Crippen molar-refractivity contribution >= 4 is 21.8 Å². The van der Waals surface area contributed by atoms with E-state index in [0.29, 0.717) is 12.3 Å². The van der Waals surface area contributed by atoms with Crippen LogP contribution in [-0.4, -0.2) is 27.2 Å². The predicted octanol–water partition coefficient (Wildman–Crippen LogP) is 2.77. The molecule has 17 heavy (non-hydrogen) atoms. The summed E-state index contributed by atoms with van der Waals surface area (Å²) >= 11 is 3.53. The van der Waals surface area contributed by atoms with Crippen LogP contribution in [0.25, 0.3) is 0 Å². The number of aromatic nitrogens is 1. The second kappa shape index (κ2) is 5.17. The minimum Gasteiger partial charge on any atom is -0.334 e. The summed E-state index contributed by atoms with van der Waals surface area (Å²) < 4.78 is 0. The van der Waals surface area contributed by atoms with Crippen molar-refractivity contribution in [3.63, 3.8) is 0 Å². The van der Waals surface area contributed by atoms with Crippen molar-refractivity contribution in [1.82, 2.24) is 9.88 Å². The Hall–Kier alpha value is -0.900. The van der Waals surface area contributed by atoms with Crippen LogP contribution < -0.4 is 0 Å². The zero-order valence-electron chi connectivity index (χ0n) is 10.1. The second-order valence-corrected chi connectivity index (χ2v) is 6.11. The Labute approximate surface area is 110 Å². The summed E-state index contributed by atoms with van der Waals surface area (Å²) in [7, 11) is 0. The normalized spacial score (nSPS) is 22.2. The Kier molecular flexibility index (Phi) is 3.82. The molecular formula is C13H17BrN2O. The van der Waals surface area contributed by atoms with Gasteiger partial charge in [0.25, 0.3) is 0 Å². The van der Waals surface area contributed by atoms with Gasteiger partial charge in [0.05, 0.1) is 6.04 Å². The summed E-state index contributed by atoms with van der Waals surface area (Å²) in [6.07, 6.45) is 4.18. The molecule has 1 amide bonds. The molecule has 2 unspecified atom stereocenters. The lowest BCUT2D eigenvalue weighted by atomic mass is 9.95. The van der Waals surface area contributed by atoms with Crippen LogP contribution in [0.15, 0.2) is 24.5 Å². The highest BCUT2D eigenvalue weighted by Gasteiger charge is 2.35. The minimum absolute atomic E-state index is 0.160. The van der Waals surface area contributed by atoms with E-state index in [1.807, 2.05) is 17.0 Å². The molecule has 1 fully saturated rings. The fourth-order valence-corrected chi connectivity index (χ4v) is 3.03. The molecule has 3 nitrogen and oxygen atoms in total. The summed E-state index contributed by atoms with van der Waals surface area (Å²) in [5.74, 6) is 0.640. The Morgan fingerprint density at radius 2 is 2.06 bits per heavy atom. The molecule has 0 aliphatic carbocycles. The van der Waals surface area contributed by atoms with Crippen LogP contribution in [0.5, 0.6) is 0 Å². The van der Waals surface area contributed by atoms with Crippen LogP contribution in [0.4, 0.5) is 0 Å². The van der Waals surface area contributed by atoms with Crippen molar-refractivity contribution in [3.05, 3.63) is 30.1 Å². The van der Waals surface area contributed by atoms with E-state index in [9.17, 15) is 4.79 Å². The number of likely N-dealkylation sites (tertiary alicyclic amines) is 1. The zero-order chi connectivity index (χ0) is 12.4. The van der Waals surface area contributed by atoms with Gasteiger partial charge in [-0.15, -0.1) is 0 Å². The fourth-order valence-electron chi connectivity index (χ4n) is 2.44. The average molecular weight is 297 g/mol. The number of pyridine rings is 1. The first-order valence-electron chi connectivity index (χ1n) is 5.93. The third-order valence-electron chi connectivity index (χ3n) is 3.13. The topological polar surface area (TPSA) is 33.2 Å². The molecule has 0 N–H and O–H groups in total. The molecule has 1 aliphatic rings. The first kappa shape index (κ1) is 12.6. The molecule has 0 aromatic carbocycles. The van der Waals surface area contributed by atoms with E-state index in [4.69, 9.17) is 0 Å². The minimum atomic E-state index is 0.160. The van der Waals surface area contributed by atoms with Crippen LogP contribution in [-0.2, 0) is 4.79 Å². The molecule has 0 bridgehead atoms. The summed E-state index contributed by atoms with van der Waals surface area (Å²) in [6.45, 7) is 5.10. The molecule has 0 saturated carbocycles. The van der Waals surface area contributed by atoms with Crippen LogP contribution in [0, 0.1) is 5.92 Å². The van der Waals surface area contributed by atoms with Crippen LogP contribution in [0.1, 0.15) is 31.9 Å². The maximum absolute atomic E-state index is 12.0. The van der Waals surface area contributed by atoms with Gasteiger partial charge >= 0.3 is 0 Å². The van der Waals surface area contributed by atoms with E-state index < -0.39 is 0 Å². The van der Waals surface area contributed by atoms with Gasteiger partial charge in [-0.3, -0.25) is 9.78 Å². The highest BCUT2D eigenvalue weighted by atomic mass is 79.9. The third-order valence-corrected chi connectivity index (χ3v) is 3.74. The Balaban J connectivity index is 2.27. The standard InChI is InChI=1S/C13H17BrN2O/c1-9(2)13(10-3-5-15-6-4-10)16-8-11(14)7-12(16)17/h3-6,9,11,13H,7-8H2,1-2H3. The van der Waals surface area contributed by atoms with Crippen molar-refractivity contribution in [2.45, 2.75) is 31.1 Å². The molecule has 2 atom stereocenters. The first-order chi connectivity index (χ1) is 8.09. The van der Waals surface area contributed by atoms with E-state index in [1.54, 1.807) is 12.4 Å². The smallest absolute Gasteiger partial charge is 0.224 e. The van der Waals surface area contributed by atoms with Crippen LogP contribution in [0.3, 0.4) is 0 Å². The van der Waals surface area contributed by atoms with Gasteiger partial charge in [0.2, 0.25) is 5.91 Å². The number of carbonyl (C=O) groups is 1. The predicted molar refractivity (Wildman–Crippen MR) is 70.9 cm³/mol. The number of alkyl halides is 1. The number of nitrogens with zero attached hydrogens (tertiary/aromatic N) is 2. The summed E-state index contributed by atoms with van der Waals surface area (Å²) in [4.78, 5) is 18.3. The van der Waals surface area contributed by atoms with Crippen LogP contribution in [0.2, 0.25) is 0 Å². The van der Waals surface area contributed by atoms with E-state index in [2.05, 4.69) is 34.8 Å². The molecule has 4 heteroatoms. The van der Waals surface area contributed by atoms with Gasteiger partial charge in [0, 0.05) is 30.2 Å². The number of carbonyl (C=O) groups excluding carboxylic acids is 1. The van der Waals surface area contributed by atoms with Gasteiger partial charge in [0.1, 0.15) is 0 Å². The van der Waals surface area contributed by atoms with Crippen molar-refractivity contribution in [2.75, 3.05) is 6.54 Å². The van der Waals surface area contributed by atoms with Gasteiger partial charge in [-0.25, -0.2) is 0 Å². The zero-order valence-corrected chi connectivity index (χ0v) is 11.7. The summed E-state index contributed by atoms with van der Waals surface area (Å²) in [5, 5.41) is 0. The lowest BCUT2D eigenvalue weighted by molar-refractivity contribution is -0.130. The lowest BCUT2D eigenvalue weighted by Crippen LogP contribution is -2.33. The van der Waals surface area contributed by atoms with Crippen molar-refractivity contribution in [3.8, 4) is 0 Å². The molecule has 0 radical (unpaired) electrons. The van der Waals surface area contributed by atoms with Crippen molar-refractivity contribution < 1.29 is 4.79 Å². The third kappa shape index (κ3) is 2.68. The number of rotatable bonds is 3. The van der Waals surface area contributed by atoms with Crippen molar-refractivity contribution in [2.24, 2.45) is 5.92 Å². The molecule has 1 aromatic rings. The summed E-state index contributed by atoms with van der Waals surface area (Å²) in [6, 6.07) is 4.16. The van der Waals surface area contributed by atoms with Gasteiger partial charge in [-0.2, -0.15) is 0 Å². The molecule has 0 spiro atoms. The maximum Gasteiger partial charge on any atom is 0.224 e. The van der Waals surface area contributed by atoms with Gasteiger partial charge < -0.3 is 4.90 Å². The van der Waals surface area contributed by atoms with Crippen molar-refractivity contribution in [1.29, 1.82) is 0 Å². The van der Waals surface area contributed by atoms with E-state index in [-0.39, 0.29) is 16.8 Å². The molecule has 2 heterocycles. The summed E-state index contributed by atoms with van der Waals surface area (Å²) in [5.41, 5.74) is 1.17. The average Bonchev–Trinajstić information content (AvgIpc) is 2.59. The molecule has 1 saturated heterocycles. The van der Waals surface area contributed by atoms with E-state index in [1.165, 1.54) is 5.56 Å². The highest BCUT2D eigenvalue weighted by Crippen LogP contribution is 2.33. The monoisotopic (exact) mass is 296 g/mol. The van der Waals surface area contributed by atoms with Crippen LogP contribution >= 0.6 is 15.9 Å². The molecule has 2 rings (SSSR count). The second-order valence-electron chi connectivity index (χ2n) is 4.82. The highest BCUT2D eigenvalue weighted by molar-refractivity contribution is 9.09. The number of halogens is 1. The van der Waals surface area contributed by atoms with Gasteiger partial charge in [-0.05, 0) is 23.6 Å². The van der Waals surface area contributed by atoms with Gasteiger partial charge in [-0.1, -0.05) is 29.8 Å². The number of hydrogen-bond acceptors (Lipinski definition) is 2. The quantitative estimate of drug-likeness (QED) is 0.804. The Morgan fingerprint density at radius 1 is 1.41 bits per heavy atom. The lowest BCUT2D eigenvalue weighted by Gasteiger charge is -2.31. The number of amides is 1. The fraction of sp³-hybridized carbons (Fsp3) is 0.538. The molecule has 1 aromatic heterocycles. The molecular weight excluding hydrogens is 280 g/mol. The maximum atomic E-state index is 12.0. The first-order valence-corrected chi connectivity index (χ1v) is 6.84. The largest absolute Gasteiger partial charge is 0.334 e. The number of hydrogen-bond donors (Lipinski definition) is 0. The van der Waals surface area contributed by atoms with Gasteiger partial charge in [0.15, 0.2) is 0 Å². The Morgan fingerprint density at radius 3 is 2.53 bits per heavy atom. The van der Waals surface area contributed by atoms with E-state index in [0.717, 1.165) is 6.54 Å². The van der Waals surface area contributed by atoms with E-state index >= 15 is 0 Å². The Bertz CT molecular complexity index is 394. The molecule has 92 valence electrons. The molecule has 1 aliphatic heterocycles. The SMILES string of the molecule is CC(C)C(c1ccncc1)N1CC(Br)CC1=O.